The standard InChI is InChI=1S/C13H19NO4/c14-5-1-2-8-3-4-11-13(18-8)6-9(15)12(16)10(7-13)17-11/h8-12,15-16H,1-4,6-7H2/t8-,9+,10+,11?,12+,13-/m0/s1. The zero-order valence-electron chi connectivity index (χ0n) is 10.3. The lowest BCUT2D eigenvalue weighted by Crippen LogP contribution is -2.54. The van der Waals surface area contributed by atoms with E-state index in [1.165, 1.54) is 0 Å². The molecule has 0 amide bonds. The van der Waals surface area contributed by atoms with Crippen LogP contribution in [0.15, 0.2) is 0 Å². The van der Waals surface area contributed by atoms with Gasteiger partial charge in [0.15, 0.2) is 0 Å². The molecule has 0 aromatic rings. The first kappa shape index (κ1) is 12.4. The molecule has 3 rings (SSSR count). The normalized spacial score (nSPS) is 50.6. The summed E-state index contributed by atoms with van der Waals surface area (Å²) in [6.07, 6.45) is 2.38. The van der Waals surface area contributed by atoms with Gasteiger partial charge in [0.05, 0.1) is 36.1 Å². The molecule has 5 nitrogen and oxygen atoms in total. The summed E-state index contributed by atoms with van der Waals surface area (Å²) in [6.45, 7) is 0. The first-order valence-corrected chi connectivity index (χ1v) is 6.71. The second kappa shape index (κ2) is 4.46. The van der Waals surface area contributed by atoms with Gasteiger partial charge in [-0.15, -0.1) is 0 Å². The molecule has 2 bridgehead atoms. The lowest BCUT2D eigenvalue weighted by Gasteiger charge is -2.44. The maximum atomic E-state index is 9.89. The van der Waals surface area contributed by atoms with Crippen molar-refractivity contribution in [1.82, 2.24) is 0 Å². The molecule has 2 heterocycles. The van der Waals surface area contributed by atoms with Crippen LogP contribution in [0.4, 0.5) is 0 Å². The van der Waals surface area contributed by atoms with Crippen LogP contribution in [0, 0.1) is 11.3 Å². The molecule has 18 heavy (non-hydrogen) atoms. The molecule has 6 atom stereocenters. The van der Waals surface area contributed by atoms with Crippen molar-refractivity contribution < 1.29 is 19.7 Å². The highest BCUT2D eigenvalue weighted by atomic mass is 16.6. The lowest BCUT2D eigenvalue weighted by atomic mass is 9.76. The van der Waals surface area contributed by atoms with E-state index >= 15 is 0 Å². The summed E-state index contributed by atoms with van der Waals surface area (Å²) >= 11 is 0. The number of ether oxygens (including phenoxy) is 2. The van der Waals surface area contributed by atoms with Crippen molar-refractivity contribution in [2.45, 2.75) is 74.6 Å². The van der Waals surface area contributed by atoms with E-state index in [0.29, 0.717) is 19.3 Å². The Morgan fingerprint density at radius 3 is 2.89 bits per heavy atom. The summed E-state index contributed by atoms with van der Waals surface area (Å²) in [5, 5.41) is 28.4. The molecule has 1 saturated carbocycles. The Bertz CT molecular complexity index is 368. The fourth-order valence-corrected chi connectivity index (χ4v) is 3.65. The average Bonchev–Trinajstić information content (AvgIpc) is 2.68. The van der Waals surface area contributed by atoms with E-state index in [9.17, 15) is 10.2 Å². The zero-order valence-corrected chi connectivity index (χ0v) is 10.3. The number of hydrogen-bond donors (Lipinski definition) is 2. The Morgan fingerprint density at radius 1 is 1.28 bits per heavy atom. The Balaban J connectivity index is 1.74. The van der Waals surface area contributed by atoms with E-state index in [4.69, 9.17) is 14.7 Å². The van der Waals surface area contributed by atoms with Crippen LogP contribution in [0.5, 0.6) is 0 Å². The third-order valence-electron chi connectivity index (χ3n) is 4.53. The van der Waals surface area contributed by atoms with Gasteiger partial charge in [0.2, 0.25) is 0 Å². The van der Waals surface area contributed by atoms with E-state index in [0.717, 1.165) is 19.3 Å². The minimum atomic E-state index is -0.789. The molecular weight excluding hydrogens is 234 g/mol. The highest BCUT2D eigenvalue weighted by molar-refractivity contribution is 5.09. The Kier molecular flexibility index (Phi) is 3.07. The third-order valence-corrected chi connectivity index (χ3v) is 4.53. The minimum absolute atomic E-state index is 0.00682. The molecule has 2 N–H and O–H groups in total. The summed E-state index contributed by atoms with van der Waals surface area (Å²) in [4.78, 5) is 0. The molecule has 3 aliphatic rings. The number of aliphatic hydroxyl groups is 2. The average molecular weight is 253 g/mol. The van der Waals surface area contributed by atoms with Crippen molar-refractivity contribution in [3.8, 4) is 6.07 Å². The highest BCUT2D eigenvalue weighted by Crippen LogP contribution is 2.49. The molecule has 5 heteroatoms. The van der Waals surface area contributed by atoms with Crippen LogP contribution in [0.1, 0.15) is 38.5 Å². The van der Waals surface area contributed by atoms with Gasteiger partial charge in [0.1, 0.15) is 6.10 Å². The molecule has 0 aromatic carbocycles. The zero-order chi connectivity index (χ0) is 12.8. The van der Waals surface area contributed by atoms with E-state index in [1.807, 2.05) is 0 Å². The first-order valence-electron chi connectivity index (χ1n) is 6.71. The van der Waals surface area contributed by atoms with Gasteiger partial charge in [-0.25, -0.2) is 0 Å². The van der Waals surface area contributed by atoms with Crippen LogP contribution < -0.4 is 0 Å². The fourth-order valence-electron chi connectivity index (χ4n) is 3.65. The molecule has 1 unspecified atom stereocenters. The summed E-state index contributed by atoms with van der Waals surface area (Å²) < 4.78 is 12.0. The van der Waals surface area contributed by atoms with Crippen molar-refractivity contribution in [1.29, 1.82) is 5.26 Å². The van der Waals surface area contributed by atoms with Gasteiger partial charge in [0, 0.05) is 19.3 Å². The van der Waals surface area contributed by atoms with Crippen LogP contribution >= 0.6 is 0 Å². The molecular formula is C13H19NO4. The molecule has 1 spiro atoms. The van der Waals surface area contributed by atoms with Gasteiger partial charge in [-0.2, -0.15) is 5.26 Å². The predicted octanol–water partition coefficient (Wildman–Crippen LogP) is 0.491. The molecule has 0 aromatic heterocycles. The SMILES string of the molecule is N#CCC[C@H]1CCC2O[C@@H]3C[C@]2(C[C@@H](O)[C@H]3O)O1. The van der Waals surface area contributed by atoms with Gasteiger partial charge in [-0.3, -0.25) is 0 Å². The maximum absolute atomic E-state index is 9.89. The predicted molar refractivity (Wildman–Crippen MR) is 61.6 cm³/mol. The van der Waals surface area contributed by atoms with E-state index in [-0.39, 0.29) is 18.3 Å². The fraction of sp³-hybridized carbons (Fsp3) is 0.923. The second-order valence-electron chi connectivity index (χ2n) is 5.71. The quantitative estimate of drug-likeness (QED) is 0.748. The summed E-state index contributed by atoms with van der Waals surface area (Å²) in [7, 11) is 0. The largest absolute Gasteiger partial charge is 0.390 e. The van der Waals surface area contributed by atoms with Crippen LogP contribution in [0.2, 0.25) is 0 Å². The van der Waals surface area contributed by atoms with Crippen molar-refractivity contribution in [3.63, 3.8) is 0 Å². The summed E-state index contributed by atoms with van der Waals surface area (Å²) in [5.41, 5.74) is -0.429. The summed E-state index contributed by atoms with van der Waals surface area (Å²) in [5.74, 6) is 0. The van der Waals surface area contributed by atoms with E-state index < -0.39 is 17.8 Å². The minimum Gasteiger partial charge on any atom is -0.390 e. The lowest BCUT2D eigenvalue weighted by molar-refractivity contribution is -0.178. The van der Waals surface area contributed by atoms with Gasteiger partial charge in [0.25, 0.3) is 0 Å². The van der Waals surface area contributed by atoms with Gasteiger partial charge < -0.3 is 19.7 Å². The van der Waals surface area contributed by atoms with Crippen LogP contribution in [-0.4, -0.2) is 46.3 Å². The van der Waals surface area contributed by atoms with Gasteiger partial charge >= 0.3 is 0 Å². The van der Waals surface area contributed by atoms with Crippen LogP contribution in [0.3, 0.4) is 0 Å². The van der Waals surface area contributed by atoms with Gasteiger partial charge in [-0.1, -0.05) is 0 Å². The molecule has 3 fully saturated rings. The smallest absolute Gasteiger partial charge is 0.106 e. The highest BCUT2D eigenvalue weighted by Gasteiger charge is 2.59. The maximum Gasteiger partial charge on any atom is 0.106 e. The monoisotopic (exact) mass is 253 g/mol. The van der Waals surface area contributed by atoms with Crippen molar-refractivity contribution in [3.05, 3.63) is 0 Å². The molecule has 100 valence electrons. The topological polar surface area (TPSA) is 82.7 Å². The first-order chi connectivity index (χ1) is 8.64. The second-order valence-corrected chi connectivity index (χ2v) is 5.71. The molecule has 2 aliphatic heterocycles. The van der Waals surface area contributed by atoms with Crippen LogP contribution in [0.25, 0.3) is 0 Å². The summed E-state index contributed by atoms with van der Waals surface area (Å²) in [6, 6.07) is 2.14. The molecule has 1 aliphatic carbocycles. The molecule has 0 radical (unpaired) electrons. The third kappa shape index (κ3) is 1.84. The number of aliphatic hydroxyl groups excluding tert-OH is 2. The van der Waals surface area contributed by atoms with Crippen molar-refractivity contribution in [2.24, 2.45) is 0 Å². The Morgan fingerprint density at radius 2 is 2.11 bits per heavy atom. The Hall–Kier alpha value is -0.670. The number of nitrogens with zero attached hydrogens (tertiary/aromatic N) is 1. The number of fused-ring (bicyclic) bond motifs is 1. The number of hydrogen-bond acceptors (Lipinski definition) is 5. The Labute approximate surface area is 106 Å². The van der Waals surface area contributed by atoms with Crippen LogP contribution in [-0.2, 0) is 9.47 Å². The van der Waals surface area contributed by atoms with Crippen molar-refractivity contribution >= 4 is 0 Å². The van der Waals surface area contributed by atoms with Crippen molar-refractivity contribution in [2.75, 3.05) is 0 Å². The van der Waals surface area contributed by atoms with E-state index in [2.05, 4.69) is 6.07 Å². The van der Waals surface area contributed by atoms with Gasteiger partial charge in [-0.05, 0) is 19.3 Å². The molecule has 2 saturated heterocycles. The number of rotatable bonds is 2. The number of nitriles is 1. The van der Waals surface area contributed by atoms with E-state index in [1.54, 1.807) is 0 Å².